The Kier molecular flexibility index (Phi) is 3.97. The standard InChI is InChI=1S/C17H18FNO/c18-15-5-3-4-13(10-15)11-19-12-14-8-9-20-17-7-2-1-6-16(14)17/h1-7,10,14,19H,8-9,11-12H2. The molecule has 2 aromatic rings. The summed E-state index contributed by atoms with van der Waals surface area (Å²) >= 11 is 0. The number of nitrogens with one attached hydrogen (secondary N) is 1. The normalized spacial score (nSPS) is 17.4. The Morgan fingerprint density at radius 2 is 2.05 bits per heavy atom. The van der Waals surface area contributed by atoms with Crippen molar-refractivity contribution in [3.63, 3.8) is 0 Å². The molecule has 2 nitrogen and oxygen atoms in total. The average molecular weight is 271 g/mol. The summed E-state index contributed by atoms with van der Waals surface area (Å²) in [7, 11) is 0. The Labute approximate surface area is 118 Å². The minimum atomic E-state index is -0.180. The number of para-hydroxylation sites is 1. The molecule has 0 spiro atoms. The van der Waals surface area contributed by atoms with E-state index in [1.807, 2.05) is 24.3 Å². The van der Waals surface area contributed by atoms with Gasteiger partial charge in [0.15, 0.2) is 0 Å². The number of ether oxygens (including phenoxy) is 1. The van der Waals surface area contributed by atoms with Crippen molar-refractivity contribution in [3.8, 4) is 5.75 Å². The molecule has 1 atom stereocenters. The molecule has 0 amide bonds. The number of rotatable bonds is 4. The summed E-state index contributed by atoms with van der Waals surface area (Å²) < 4.78 is 18.8. The predicted molar refractivity (Wildman–Crippen MR) is 77.4 cm³/mol. The summed E-state index contributed by atoms with van der Waals surface area (Å²) in [5, 5.41) is 3.42. The van der Waals surface area contributed by atoms with Crippen LogP contribution in [0.5, 0.6) is 5.75 Å². The molecule has 0 fully saturated rings. The first-order chi connectivity index (χ1) is 9.83. The second kappa shape index (κ2) is 6.06. The largest absolute Gasteiger partial charge is 0.493 e. The molecule has 0 aromatic heterocycles. The topological polar surface area (TPSA) is 21.3 Å². The van der Waals surface area contributed by atoms with Gasteiger partial charge in [-0.25, -0.2) is 4.39 Å². The number of hydrogen-bond donors (Lipinski definition) is 1. The first-order valence-electron chi connectivity index (χ1n) is 7.00. The summed E-state index contributed by atoms with van der Waals surface area (Å²) in [6.07, 6.45) is 1.02. The van der Waals surface area contributed by atoms with E-state index < -0.39 is 0 Å². The van der Waals surface area contributed by atoms with Gasteiger partial charge in [0.25, 0.3) is 0 Å². The third-order valence-corrected chi connectivity index (χ3v) is 3.69. The number of halogens is 1. The van der Waals surface area contributed by atoms with Gasteiger partial charge in [0.2, 0.25) is 0 Å². The van der Waals surface area contributed by atoms with E-state index in [0.717, 1.165) is 30.9 Å². The van der Waals surface area contributed by atoms with E-state index in [1.165, 1.54) is 11.6 Å². The molecule has 3 heteroatoms. The van der Waals surface area contributed by atoms with Gasteiger partial charge >= 0.3 is 0 Å². The van der Waals surface area contributed by atoms with Gasteiger partial charge in [-0.05, 0) is 35.7 Å². The molecule has 1 N–H and O–H groups in total. The van der Waals surface area contributed by atoms with Crippen LogP contribution in [0.15, 0.2) is 48.5 Å². The Bertz CT molecular complexity index is 585. The van der Waals surface area contributed by atoms with Crippen molar-refractivity contribution in [3.05, 3.63) is 65.5 Å². The van der Waals surface area contributed by atoms with Crippen LogP contribution in [0.1, 0.15) is 23.5 Å². The first kappa shape index (κ1) is 13.1. The minimum absolute atomic E-state index is 0.180. The SMILES string of the molecule is Fc1cccc(CNCC2CCOc3ccccc32)c1. The highest BCUT2D eigenvalue weighted by Crippen LogP contribution is 2.32. The maximum atomic E-state index is 13.1. The van der Waals surface area contributed by atoms with Crippen LogP contribution in [0.25, 0.3) is 0 Å². The zero-order valence-electron chi connectivity index (χ0n) is 11.3. The van der Waals surface area contributed by atoms with Crippen LogP contribution in [-0.4, -0.2) is 13.2 Å². The van der Waals surface area contributed by atoms with Crippen LogP contribution in [0.2, 0.25) is 0 Å². The van der Waals surface area contributed by atoms with Crippen LogP contribution in [-0.2, 0) is 6.54 Å². The predicted octanol–water partition coefficient (Wildman–Crippen LogP) is 3.48. The zero-order chi connectivity index (χ0) is 13.8. The molecule has 104 valence electrons. The number of hydrogen-bond acceptors (Lipinski definition) is 2. The lowest BCUT2D eigenvalue weighted by Crippen LogP contribution is -2.25. The molecule has 3 rings (SSSR count). The lowest BCUT2D eigenvalue weighted by Gasteiger charge is -2.26. The van der Waals surface area contributed by atoms with Crippen molar-refractivity contribution in [1.82, 2.24) is 5.32 Å². The highest BCUT2D eigenvalue weighted by molar-refractivity contribution is 5.37. The molecular formula is C17H18FNO. The minimum Gasteiger partial charge on any atom is -0.493 e. The van der Waals surface area contributed by atoms with Crippen LogP contribution in [0, 0.1) is 5.82 Å². The third kappa shape index (κ3) is 2.99. The molecular weight excluding hydrogens is 253 g/mol. The van der Waals surface area contributed by atoms with Gasteiger partial charge in [-0.3, -0.25) is 0 Å². The Morgan fingerprint density at radius 3 is 2.95 bits per heavy atom. The summed E-state index contributed by atoms with van der Waals surface area (Å²) in [5.74, 6) is 1.28. The van der Waals surface area contributed by atoms with Crippen LogP contribution >= 0.6 is 0 Å². The lowest BCUT2D eigenvalue weighted by atomic mass is 9.93. The third-order valence-electron chi connectivity index (χ3n) is 3.69. The van der Waals surface area contributed by atoms with Crippen molar-refractivity contribution in [2.24, 2.45) is 0 Å². The van der Waals surface area contributed by atoms with E-state index in [2.05, 4.69) is 11.4 Å². The highest BCUT2D eigenvalue weighted by atomic mass is 19.1. The molecule has 1 unspecified atom stereocenters. The van der Waals surface area contributed by atoms with Gasteiger partial charge in [0.05, 0.1) is 6.61 Å². The van der Waals surface area contributed by atoms with Gasteiger partial charge in [0.1, 0.15) is 11.6 Å². The van der Waals surface area contributed by atoms with Crippen molar-refractivity contribution in [2.75, 3.05) is 13.2 Å². The highest BCUT2D eigenvalue weighted by Gasteiger charge is 2.20. The van der Waals surface area contributed by atoms with Crippen molar-refractivity contribution in [1.29, 1.82) is 0 Å². The molecule has 0 aliphatic carbocycles. The maximum absolute atomic E-state index is 13.1. The first-order valence-corrected chi connectivity index (χ1v) is 7.00. The fourth-order valence-electron chi connectivity index (χ4n) is 2.67. The smallest absolute Gasteiger partial charge is 0.123 e. The molecule has 1 aliphatic rings. The maximum Gasteiger partial charge on any atom is 0.123 e. The monoisotopic (exact) mass is 271 g/mol. The summed E-state index contributed by atoms with van der Waals surface area (Å²) in [5.41, 5.74) is 2.25. The van der Waals surface area contributed by atoms with Crippen molar-refractivity contribution >= 4 is 0 Å². The second-order valence-electron chi connectivity index (χ2n) is 5.13. The Hall–Kier alpha value is -1.87. The van der Waals surface area contributed by atoms with Gasteiger partial charge in [-0.15, -0.1) is 0 Å². The van der Waals surface area contributed by atoms with E-state index in [4.69, 9.17) is 4.74 Å². The van der Waals surface area contributed by atoms with E-state index >= 15 is 0 Å². The summed E-state index contributed by atoms with van der Waals surface area (Å²) in [6.45, 7) is 2.34. The van der Waals surface area contributed by atoms with E-state index in [-0.39, 0.29) is 5.82 Å². The molecule has 20 heavy (non-hydrogen) atoms. The molecule has 1 heterocycles. The lowest BCUT2D eigenvalue weighted by molar-refractivity contribution is 0.264. The number of fused-ring (bicyclic) bond motifs is 1. The van der Waals surface area contributed by atoms with Crippen LogP contribution in [0.4, 0.5) is 4.39 Å². The van der Waals surface area contributed by atoms with Gasteiger partial charge < -0.3 is 10.1 Å². The van der Waals surface area contributed by atoms with E-state index in [9.17, 15) is 4.39 Å². The van der Waals surface area contributed by atoms with Gasteiger partial charge in [0, 0.05) is 19.0 Å². The summed E-state index contributed by atoms with van der Waals surface area (Å²) in [6, 6.07) is 14.9. The van der Waals surface area contributed by atoms with E-state index in [1.54, 1.807) is 12.1 Å². The van der Waals surface area contributed by atoms with Gasteiger partial charge in [-0.1, -0.05) is 30.3 Å². The average Bonchev–Trinajstić information content (AvgIpc) is 2.48. The fourth-order valence-corrected chi connectivity index (χ4v) is 2.67. The molecule has 1 aliphatic heterocycles. The second-order valence-corrected chi connectivity index (χ2v) is 5.13. The molecule has 0 saturated carbocycles. The fraction of sp³-hybridized carbons (Fsp3) is 0.294. The zero-order valence-corrected chi connectivity index (χ0v) is 11.3. The Morgan fingerprint density at radius 1 is 1.15 bits per heavy atom. The van der Waals surface area contributed by atoms with Crippen LogP contribution in [0.3, 0.4) is 0 Å². The summed E-state index contributed by atoms with van der Waals surface area (Å²) in [4.78, 5) is 0. The quantitative estimate of drug-likeness (QED) is 0.919. The number of benzene rings is 2. The van der Waals surface area contributed by atoms with Crippen molar-refractivity contribution in [2.45, 2.75) is 18.9 Å². The van der Waals surface area contributed by atoms with Gasteiger partial charge in [-0.2, -0.15) is 0 Å². The molecule has 0 bridgehead atoms. The van der Waals surface area contributed by atoms with Crippen LogP contribution < -0.4 is 10.1 Å². The van der Waals surface area contributed by atoms with Crippen molar-refractivity contribution < 1.29 is 9.13 Å². The molecule has 2 aromatic carbocycles. The molecule has 0 saturated heterocycles. The Balaban J connectivity index is 1.60. The molecule has 0 radical (unpaired) electrons. The van der Waals surface area contributed by atoms with E-state index in [0.29, 0.717) is 12.5 Å².